The summed E-state index contributed by atoms with van der Waals surface area (Å²) in [5.74, 6) is 3.27. The molecule has 1 fully saturated rings. The molecule has 1 saturated heterocycles. The van der Waals surface area contributed by atoms with E-state index in [4.69, 9.17) is 14.5 Å². The molecule has 40 heavy (non-hydrogen) atoms. The van der Waals surface area contributed by atoms with Crippen molar-refractivity contribution in [2.75, 3.05) is 36.5 Å². The number of hydrogen-bond donors (Lipinski definition) is 1. The Morgan fingerprint density at radius 1 is 1.15 bits per heavy atom. The molecule has 1 aromatic carbocycles. The first kappa shape index (κ1) is 23.8. The van der Waals surface area contributed by atoms with Crippen molar-refractivity contribution in [3.63, 3.8) is 0 Å². The maximum absolute atomic E-state index is 12.3. The maximum Gasteiger partial charge on any atom is 0.246 e. The van der Waals surface area contributed by atoms with Crippen LogP contribution in [-0.2, 0) is 4.79 Å². The number of amides is 1. The van der Waals surface area contributed by atoms with Crippen LogP contribution in [0, 0.1) is 6.92 Å². The van der Waals surface area contributed by atoms with Gasteiger partial charge in [0, 0.05) is 43.7 Å². The lowest BCUT2D eigenvalue weighted by Crippen LogP contribution is -2.56. The van der Waals surface area contributed by atoms with Crippen LogP contribution in [0.2, 0.25) is 0 Å². The summed E-state index contributed by atoms with van der Waals surface area (Å²) in [6.07, 6.45) is 6.17. The van der Waals surface area contributed by atoms with Crippen molar-refractivity contribution in [2.24, 2.45) is 0 Å². The Balaban J connectivity index is 1.15. The van der Waals surface area contributed by atoms with E-state index in [1.165, 1.54) is 18.7 Å². The molecule has 12 heteroatoms. The smallest absolute Gasteiger partial charge is 0.246 e. The first-order chi connectivity index (χ1) is 19.6. The van der Waals surface area contributed by atoms with Crippen molar-refractivity contribution in [3.8, 4) is 17.2 Å². The SMILES string of the molecule is C=CC(=O)N1CCN2C[C@H]1COc1cc3ncnc(Nc4ccc(Oc5ccn6ncnc6c5)c(C)c4)c3nc12. The molecule has 0 spiro atoms. The highest BCUT2D eigenvalue weighted by molar-refractivity contribution is 5.90. The average molecular weight is 536 g/mol. The molecule has 4 aromatic heterocycles. The number of carbonyl (C=O) groups is 1. The molecular weight excluding hydrogens is 510 g/mol. The fraction of sp³-hybridized carbons (Fsp3) is 0.214. The van der Waals surface area contributed by atoms with E-state index in [1.54, 1.807) is 4.52 Å². The highest BCUT2D eigenvalue weighted by Gasteiger charge is 2.34. The minimum atomic E-state index is -0.0854. The zero-order valence-corrected chi connectivity index (χ0v) is 21.7. The number of aryl methyl sites for hydroxylation is 1. The lowest BCUT2D eigenvalue weighted by atomic mass is 10.1. The second-order valence-electron chi connectivity index (χ2n) is 9.68. The van der Waals surface area contributed by atoms with Crippen LogP contribution in [0.3, 0.4) is 0 Å². The zero-order valence-electron chi connectivity index (χ0n) is 21.7. The van der Waals surface area contributed by atoms with Crippen LogP contribution in [0.25, 0.3) is 16.7 Å². The molecule has 1 amide bonds. The third kappa shape index (κ3) is 4.19. The molecule has 0 saturated carbocycles. The number of rotatable bonds is 5. The monoisotopic (exact) mass is 535 g/mol. The molecule has 2 aliphatic rings. The van der Waals surface area contributed by atoms with Gasteiger partial charge in [-0.15, -0.1) is 0 Å². The van der Waals surface area contributed by atoms with E-state index >= 15 is 0 Å². The molecule has 12 nitrogen and oxygen atoms in total. The molecule has 0 radical (unpaired) electrons. The van der Waals surface area contributed by atoms with Gasteiger partial charge in [0.25, 0.3) is 0 Å². The first-order valence-corrected chi connectivity index (χ1v) is 12.9. The van der Waals surface area contributed by atoms with E-state index in [-0.39, 0.29) is 11.9 Å². The second kappa shape index (κ2) is 9.49. The van der Waals surface area contributed by atoms with Gasteiger partial charge >= 0.3 is 0 Å². The van der Waals surface area contributed by atoms with Crippen molar-refractivity contribution in [2.45, 2.75) is 13.0 Å². The molecule has 6 heterocycles. The number of pyridine rings is 2. The highest BCUT2D eigenvalue weighted by Crippen LogP contribution is 2.36. The molecule has 2 bridgehead atoms. The summed E-state index contributed by atoms with van der Waals surface area (Å²) >= 11 is 0. The number of fused-ring (bicyclic) bond motifs is 6. The minimum Gasteiger partial charge on any atom is -0.487 e. The fourth-order valence-corrected chi connectivity index (χ4v) is 5.13. The van der Waals surface area contributed by atoms with Crippen LogP contribution >= 0.6 is 0 Å². The van der Waals surface area contributed by atoms with Gasteiger partial charge in [-0.2, -0.15) is 5.10 Å². The van der Waals surface area contributed by atoms with Crippen LogP contribution < -0.4 is 19.7 Å². The number of nitrogens with zero attached hydrogens (tertiary/aromatic N) is 8. The third-order valence-corrected chi connectivity index (χ3v) is 7.15. The summed E-state index contributed by atoms with van der Waals surface area (Å²) in [7, 11) is 0. The van der Waals surface area contributed by atoms with E-state index in [9.17, 15) is 4.79 Å². The van der Waals surface area contributed by atoms with E-state index in [0.717, 1.165) is 22.8 Å². The number of piperazine rings is 1. The van der Waals surface area contributed by atoms with Crippen LogP contribution in [0.4, 0.5) is 17.3 Å². The van der Waals surface area contributed by atoms with Crippen molar-refractivity contribution in [1.82, 2.24) is 34.4 Å². The Hall–Kier alpha value is -5.26. The summed E-state index contributed by atoms with van der Waals surface area (Å²) in [6.45, 7) is 7.85. The van der Waals surface area contributed by atoms with Gasteiger partial charge in [0.05, 0.1) is 11.6 Å². The number of nitrogens with one attached hydrogen (secondary N) is 1. The number of benzene rings is 1. The Labute approximate surface area is 228 Å². The Bertz CT molecular complexity index is 1790. The molecule has 200 valence electrons. The van der Waals surface area contributed by atoms with Crippen LogP contribution in [0.15, 0.2) is 67.9 Å². The lowest BCUT2D eigenvalue weighted by molar-refractivity contribution is -0.129. The maximum atomic E-state index is 12.3. The molecule has 1 atom stereocenters. The van der Waals surface area contributed by atoms with E-state index in [1.807, 2.05) is 54.4 Å². The van der Waals surface area contributed by atoms with Crippen LogP contribution in [0.1, 0.15) is 5.56 Å². The molecule has 5 aromatic rings. The van der Waals surface area contributed by atoms with Gasteiger partial charge in [-0.25, -0.2) is 24.5 Å². The highest BCUT2D eigenvalue weighted by atomic mass is 16.5. The molecular formula is C28H25N9O3. The van der Waals surface area contributed by atoms with Gasteiger partial charge in [-0.1, -0.05) is 6.58 Å². The van der Waals surface area contributed by atoms with E-state index in [0.29, 0.717) is 60.2 Å². The number of carbonyl (C=O) groups excluding carboxylic acids is 1. The predicted molar refractivity (Wildman–Crippen MR) is 148 cm³/mol. The minimum absolute atomic E-state index is 0.0813. The molecule has 0 aliphatic carbocycles. The largest absolute Gasteiger partial charge is 0.487 e. The van der Waals surface area contributed by atoms with Gasteiger partial charge < -0.3 is 24.6 Å². The standard InChI is InChI=1S/C28H25N9O3/c1-3-25(38)36-9-8-35-13-19(36)14-39-23-12-21-26(34-28(23)35)27(31-15-29-21)33-18-4-5-22(17(2)10-18)40-20-6-7-37-24(11-20)30-16-32-37/h3-7,10-12,15-16,19H,1,8-9,13-14H2,2H3,(H,29,31,33)/t19-/m0/s1. The van der Waals surface area contributed by atoms with Gasteiger partial charge in [-0.3, -0.25) is 4.79 Å². The number of aromatic nitrogens is 6. The van der Waals surface area contributed by atoms with Gasteiger partial charge in [0.15, 0.2) is 23.0 Å². The van der Waals surface area contributed by atoms with Crippen molar-refractivity contribution in [3.05, 3.63) is 73.5 Å². The van der Waals surface area contributed by atoms with Gasteiger partial charge in [-0.05, 0) is 42.8 Å². The van der Waals surface area contributed by atoms with Crippen molar-refractivity contribution >= 4 is 39.9 Å². The molecule has 2 aliphatic heterocycles. The van der Waals surface area contributed by atoms with Gasteiger partial charge in [0.2, 0.25) is 5.91 Å². The van der Waals surface area contributed by atoms with Crippen molar-refractivity contribution < 1.29 is 14.3 Å². The third-order valence-electron chi connectivity index (χ3n) is 7.15. The average Bonchev–Trinajstić information content (AvgIpc) is 3.40. The zero-order chi connectivity index (χ0) is 27.2. The van der Waals surface area contributed by atoms with Gasteiger partial charge in [0.1, 0.15) is 36.3 Å². The summed E-state index contributed by atoms with van der Waals surface area (Å²) in [4.78, 5) is 34.4. The summed E-state index contributed by atoms with van der Waals surface area (Å²) in [5.41, 5.74) is 3.78. The first-order valence-electron chi connectivity index (χ1n) is 12.9. The van der Waals surface area contributed by atoms with E-state index in [2.05, 4.69) is 36.8 Å². The van der Waals surface area contributed by atoms with Crippen molar-refractivity contribution in [1.29, 1.82) is 0 Å². The number of hydrogen-bond acceptors (Lipinski definition) is 10. The summed E-state index contributed by atoms with van der Waals surface area (Å²) in [5, 5.41) is 7.51. The Kier molecular flexibility index (Phi) is 5.65. The van der Waals surface area contributed by atoms with Crippen LogP contribution in [-0.4, -0.2) is 72.6 Å². The quantitative estimate of drug-likeness (QED) is 0.335. The Morgan fingerprint density at radius 2 is 2.08 bits per heavy atom. The number of anilines is 3. The predicted octanol–water partition coefficient (Wildman–Crippen LogP) is 3.51. The molecule has 0 unspecified atom stereocenters. The summed E-state index contributed by atoms with van der Waals surface area (Å²) < 4.78 is 13.9. The normalized spacial score (nSPS) is 16.3. The second-order valence-corrected chi connectivity index (χ2v) is 9.68. The summed E-state index contributed by atoms with van der Waals surface area (Å²) in [6, 6.07) is 11.3. The lowest BCUT2D eigenvalue weighted by Gasteiger charge is -2.39. The van der Waals surface area contributed by atoms with Crippen LogP contribution in [0.5, 0.6) is 17.2 Å². The Morgan fingerprint density at radius 3 is 2.95 bits per heavy atom. The number of ether oxygens (including phenoxy) is 2. The molecule has 7 rings (SSSR count). The topological polar surface area (TPSA) is 123 Å². The molecule has 1 N–H and O–H groups in total. The van der Waals surface area contributed by atoms with E-state index < -0.39 is 0 Å². The fourth-order valence-electron chi connectivity index (χ4n) is 5.13.